The van der Waals surface area contributed by atoms with Gasteiger partial charge in [-0.2, -0.15) is 13.2 Å². The lowest BCUT2D eigenvalue weighted by Crippen LogP contribution is -2.49. The van der Waals surface area contributed by atoms with E-state index in [9.17, 15) is 13.2 Å². The second-order valence-corrected chi connectivity index (χ2v) is 5.16. The Morgan fingerprint density at radius 2 is 2.00 bits per heavy atom. The second-order valence-electron chi connectivity index (χ2n) is 5.16. The van der Waals surface area contributed by atoms with Crippen LogP contribution < -0.4 is 5.32 Å². The Bertz CT molecular complexity index is 218. The molecule has 2 nitrogen and oxygen atoms in total. The molecule has 2 atom stereocenters. The van der Waals surface area contributed by atoms with Gasteiger partial charge in [0.05, 0.1) is 6.54 Å². The first-order valence-electron chi connectivity index (χ1n) is 6.39. The third-order valence-corrected chi connectivity index (χ3v) is 3.28. The Labute approximate surface area is 102 Å². The molecule has 0 radical (unpaired) electrons. The molecule has 0 amide bonds. The number of alkyl halides is 3. The lowest BCUT2D eigenvalue weighted by atomic mass is 9.90. The highest BCUT2D eigenvalue weighted by molar-refractivity contribution is 4.82. The van der Waals surface area contributed by atoms with Crippen molar-refractivity contribution in [3.8, 4) is 0 Å². The van der Waals surface area contributed by atoms with Crippen LogP contribution in [0.15, 0.2) is 0 Å². The molecule has 1 saturated heterocycles. The number of rotatable bonds is 5. The highest BCUT2D eigenvalue weighted by Crippen LogP contribution is 2.22. The van der Waals surface area contributed by atoms with Gasteiger partial charge in [0.25, 0.3) is 0 Å². The molecule has 1 rings (SSSR count). The number of nitrogens with zero attached hydrogens (tertiary/aromatic N) is 1. The van der Waals surface area contributed by atoms with E-state index < -0.39 is 12.7 Å². The molecule has 0 aromatic heterocycles. The van der Waals surface area contributed by atoms with Crippen molar-refractivity contribution in [2.24, 2.45) is 5.92 Å². The molecular formula is C12H23F3N2. The molecule has 0 bridgehead atoms. The fraction of sp³-hybridized carbons (Fsp3) is 1.00. The van der Waals surface area contributed by atoms with Crippen LogP contribution in [0.2, 0.25) is 0 Å². The third-order valence-electron chi connectivity index (χ3n) is 3.28. The van der Waals surface area contributed by atoms with Gasteiger partial charge in [0, 0.05) is 19.1 Å². The van der Waals surface area contributed by atoms with Crippen molar-refractivity contribution in [1.82, 2.24) is 10.2 Å². The van der Waals surface area contributed by atoms with Crippen LogP contribution in [-0.2, 0) is 0 Å². The van der Waals surface area contributed by atoms with Crippen molar-refractivity contribution in [3.05, 3.63) is 0 Å². The van der Waals surface area contributed by atoms with Crippen LogP contribution in [0.25, 0.3) is 0 Å². The largest absolute Gasteiger partial charge is 0.401 e. The highest BCUT2D eigenvalue weighted by Gasteiger charge is 2.30. The standard InChI is InChI=1S/C12H23F3N2/c1-3-4-5-10-6-11(8-17(2)7-10)16-9-12(13,14)15/h10-11,16H,3-9H2,1-2H3. The van der Waals surface area contributed by atoms with E-state index in [2.05, 4.69) is 17.1 Å². The summed E-state index contributed by atoms with van der Waals surface area (Å²) in [4.78, 5) is 2.14. The van der Waals surface area contributed by atoms with Crippen molar-refractivity contribution in [1.29, 1.82) is 0 Å². The number of unbranched alkanes of at least 4 members (excludes halogenated alkanes) is 1. The first-order chi connectivity index (χ1) is 7.90. The monoisotopic (exact) mass is 252 g/mol. The number of piperidine rings is 1. The predicted molar refractivity (Wildman–Crippen MR) is 63.0 cm³/mol. The Kier molecular flexibility index (Phi) is 5.73. The van der Waals surface area contributed by atoms with Crippen LogP contribution in [0.3, 0.4) is 0 Å². The van der Waals surface area contributed by atoms with Crippen LogP contribution >= 0.6 is 0 Å². The van der Waals surface area contributed by atoms with E-state index in [-0.39, 0.29) is 6.04 Å². The minimum atomic E-state index is -4.10. The van der Waals surface area contributed by atoms with E-state index >= 15 is 0 Å². The molecule has 0 saturated carbocycles. The summed E-state index contributed by atoms with van der Waals surface area (Å²) in [7, 11) is 1.99. The van der Waals surface area contributed by atoms with Crippen molar-refractivity contribution in [2.45, 2.75) is 44.8 Å². The summed E-state index contributed by atoms with van der Waals surface area (Å²) in [6.07, 6.45) is 0.228. The predicted octanol–water partition coefficient (Wildman–Crippen LogP) is 2.65. The summed E-state index contributed by atoms with van der Waals surface area (Å²) in [5, 5.41) is 2.63. The molecule has 0 aliphatic carbocycles. The Hall–Kier alpha value is -0.290. The van der Waals surface area contributed by atoms with Crippen LogP contribution in [0.4, 0.5) is 13.2 Å². The average Bonchev–Trinajstić information content (AvgIpc) is 2.22. The highest BCUT2D eigenvalue weighted by atomic mass is 19.4. The van der Waals surface area contributed by atoms with Gasteiger partial charge in [0.15, 0.2) is 0 Å². The molecule has 102 valence electrons. The topological polar surface area (TPSA) is 15.3 Å². The summed E-state index contributed by atoms with van der Waals surface area (Å²) >= 11 is 0. The van der Waals surface area contributed by atoms with E-state index in [0.717, 1.165) is 32.4 Å². The van der Waals surface area contributed by atoms with Gasteiger partial charge in [0.2, 0.25) is 0 Å². The van der Waals surface area contributed by atoms with Gasteiger partial charge in [-0.05, 0) is 25.8 Å². The number of nitrogens with one attached hydrogen (secondary N) is 1. The Balaban J connectivity index is 2.34. The van der Waals surface area contributed by atoms with Crippen molar-refractivity contribution in [2.75, 3.05) is 26.7 Å². The van der Waals surface area contributed by atoms with E-state index in [1.807, 2.05) is 7.05 Å². The van der Waals surface area contributed by atoms with Gasteiger partial charge in [-0.25, -0.2) is 0 Å². The van der Waals surface area contributed by atoms with E-state index in [1.54, 1.807) is 0 Å². The quantitative estimate of drug-likeness (QED) is 0.809. The zero-order valence-corrected chi connectivity index (χ0v) is 10.7. The van der Waals surface area contributed by atoms with Crippen molar-refractivity contribution >= 4 is 0 Å². The van der Waals surface area contributed by atoms with E-state index in [4.69, 9.17) is 0 Å². The first kappa shape index (κ1) is 14.8. The molecule has 5 heteroatoms. The van der Waals surface area contributed by atoms with Crippen LogP contribution in [0.5, 0.6) is 0 Å². The zero-order valence-electron chi connectivity index (χ0n) is 10.7. The van der Waals surface area contributed by atoms with Crippen molar-refractivity contribution in [3.63, 3.8) is 0 Å². The SMILES string of the molecule is CCCCC1CC(NCC(F)(F)F)CN(C)C1. The van der Waals surface area contributed by atoms with Gasteiger partial charge in [0.1, 0.15) is 0 Å². The zero-order chi connectivity index (χ0) is 12.9. The Morgan fingerprint density at radius 1 is 1.29 bits per heavy atom. The average molecular weight is 252 g/mol. The summed E-state index contributed by atoms with van der Waals surface area (Å²) in [5.74, 6) is 0.541. The minimum absolute atomic E-state index is 0.0165. The summed E-state index contributed by atoms with van der Waals surface area (Å²) < 4.78 is 36.4. The smallest absolute Gasteiger partial charge is 0.305 e. The fourth-order valence-electron chi connectivity index (χ4n) is 2.55. The van der Waals surface area contributed by atoms with E-state index in [0.29, 0.717) is 5.92 Å². The number of likely N-dealkylation sites (N-methyl/N-ethyl adjacent to an activating group) is 1. The number of hydrogen-bond acceptors (Lipinski definition) is 2. The summed E-state index contributed by atoms with van der Waals surface area (Å²) in [5.41, 5.74) is 0. The minimum Gasteiger partial charge on any atom is -0.305 e. The number of likely N-dealkylation sites (tertiary alicyclic amines) is 1. The van der Waals surface area contributed by atoms with Crippen LogP contribution in [-0.4, -0.2) is 43.8 Å². The van der Waals surface area contributed by atoms with E-state index in [1.165, 1.54) is 6.42 Å². The van der Waals surface area contributed by atoms with Crippen LogP contribution in [0, 0.1) is 5.92 Å². The molecule has 1 aliphatic heterocycles. The number of hydrogen-bond donors (Lipinski definition) is 1. The van der Waals surface area contributed by atoms with Gasteiger partial charge >= 0.3 is 6.18 Å². The molecule has 0 spiro atoms. The molecule has 1 N–H and O–H groups in total. The van der Waals surface area contributed by atoms with Crippen LogP contribution in [0.1, 0.15) is 32.6 Å². The molecule has 0 aromatic carbocycles. The maximum absolute atomic E-state index is 12.1. The number of halogens is 3. The fourth-order valence-corrected chi connectivity index (χ4v) is 2.55. The van der Waals surface area contributed by atoms with Crippen molar-refractivity contribution < 1.29 is 13.2 Å². The lowest BCUT2D eigenvalue weighted by Gasteiger charge is -2.36. The maximum atomic E-state index is 12.1. The molecule has 1 fully saturated rings. The molecule has 2 unspecified atom stereocenters. The maximum Gasteiger partial charge on any atom is 0.401 e. The second kappa shape index (κ2) is 6.59. The van der Waals surface area contributed by atoms with Gasteiger partial charge in [-0.15, -0.1) is 0 Å². The van der Waals surface area contributed by atoms with Gasteiger partial charge in [-0.1, -0.05) is 19.8 Å². The summed E-state index contributed by atoms with van der Waals surface area (Å²) in [6, 6.07) is -0.0165. The first-order valence-corrected chi connectivity index (χ1v) is 6.39. The third kappa shape index (κ3) is 6.27. The molecule has 1 heterocycles. The van der Waals surface area contributed by atoms with Gasteiger partial charge < -0.3 is 10.2 Å². The molecule has 17 heavy (non-hydrogen) atoms. The molecule has 0 aromatic rings. The Morgan fingerprint density at radius 3 is 2.59 bits per heavy atom. The van der Waals surface area contributed by atoms with Gasteiger partial charge in [-0.3, -0.25) is 0 Å². The summed E-state index contributed by atoms with van der Waals surface area (Å²) in [6.45, 7) is 3.01. The molecule has 1 aliphatic rings. The lowest BCUT2D eigenvalue weighted by molar-refractivity contribution is -0.127. The molecular weight excluding hydrogens is 229 g/mol. The normalized spacial score (nSPS) is 27.4.